The Bertz CT molecular complexity index is 604. The van der Waals surface area contributed by atoms with E-state index in [4.69, 9.17) is 0 Å². The summed E-state index contributed by atoms with van der Waals surface area (Å²) in [6.07, 6.45) is 2.65. The van der Waals surface area contributed by atoms with E-state index in [9.17, 15) is 8.78 Å². The molecule has 110 valence electrons. The van der Waals surface area contributed by atoms with Gasteiger partial charge in [-0.1, -0.05) is 6.92 Å². The molecule has 0 amide bonds. The minimum absolute atomic E-state index is 0.0575. The lowest BCUT2D eigenvalue weighted by Gasteiger charge is -2.27. The minimum atomic E-state index is -0.861. The van der Waals surface area contributed by atoms with Gasteiger partial charge in [0.25, 0.3) is 0 Å². The molecule has 3 nitrogen and oxygen atoms in total. The van der Waals surface area contributed by atoms with Crippen LogP contribution in [0.1, 0.15) is 40.2 Å². The second-order valence-electron chi connectivity index (χ2n) is 5.87. The van der Waals surface area contributed by atoms with E-state index in [1.165, 1.54) is 6.07 Å². The highest BCUT2D eigenvalue weighted by Crippen LogP contribution is 2.21. The van der Waals surface area contributed by atoms with Crippen molar-refractivity contribution in [2.24, 2.45) is 0 Å². The predicted molar refractivity (Wildman–Crippen MR) is 76.7 cm³/mol. The maximum absolute atomic E-state index is 13.4. The van der Waals surface area contributed by atoms with Crippen LogP contribution in [-0.4, -0.2) is 21.6 Å². The van der Waals surface area contributed by atoms with E-state index in [2.05, 4.69) is 31.1 Å². The zero-order chi connectivity index (χ0) is 14.9. The number of hydrogen-bond acceptors (Lipinski definition) is 2. The second-order valence-corrected chi connectivity index (χ2v) is 5.87. The number of nitrogens with zero attached hydrogens (tertiary/aromatic N) is 2. The monoisotopic (exact) mass is 281 g/mol. The summed E-state index contributed by atoms with van der Waals surface area (Å²) < 4.78 is 28.4. The van der Waals surface area contributed by atoms with Crippen LogP contribution in [0.25, 0.3) is 11.0 Å². The molecule has 0 aliphatic carbocycles. The third-order valence-corrected chi connectivity index (χ3v) is 3.85. The number of nitrogens with one attached hydrogen (secondary N) is 1. The van der Waals surface area contributed by atoms with Crippen LogP contribution in [0, 0.1) is 11.6 Å². The van der Waals surface area contributed by atoms with Crippen LogP contribution < -0.4 is 5.32 Å². The number of aromatic nitrogens is 2. The Morgan fingerprint density at radius 2 is 1.95 bits per heavy atom. The Hall–Kier alpha value is -1.49. The van der Waals surface area contributed by atoms with Gasteiger partial charge in [0.2, 0.25) is 0 Å². The SMILES string of the molecule is CCC(C)(C)NCC(C)n1cnc2cc(F)c(F)cc21. The molecular formula is C15H21F2N3. The largest absolute Gasteiger partial charge is 0.326 e. The van der Waals surface area contributed by atoms with Gasteiger partial charge in [-0.3, -0.25) is 0 Å². The first-order valence-electron chi connectivity index (χ1n) is 6.90. The number of rotatable bonds is 5. The summed E-state index contributed by atoms with van der Waals surface area (Å²) in [4.78, 5) is 4.13. The lowest BCUT2D eigenvalue weighted by atomic mass is 10.0. The fraction of sp³-hybridized carbons (Fsp3) is 0.533. The van der Waals surface area contributed by atoms with Crippen molar-refractivity contribution in [3.05, 3.63) is 30.1 Å². The molecule has 1 aromatic carbocycles. The van der Waals surface area contributed by atoms with Gasteiger partial charge in [-0.05, 0) is 27.2 Å². The lowest BCUT2D eigenvalue weighted by Crippen LogP contribution is -2.41. The van der Waals surface area contributed by atoms with Crippen LogP contribution in [0.3, 0.4) is 0 Å². The summed E-state index contributed by atoms with van der Waals surface area (Å²) in [6.45, 7) is 9.18. The summed E-state index contributed by atoms with van der Waals surface area (Å²) in [5.41, 5.74) is 1.15. The van der Waals surface area contributed by atoms with Gasteiger partial charge in [-0.2, -0.15) is 0 Å². The van der Waals surface area contributed by atoms with Crippen molar-refractivity contribution >= 4 is 11.0 Å². The molecule has 1 heterocycles. The van der Waals surface area contributed by atoms with Gasteiger partial charge in [0.15, 0.2) is 11.6 Å². The first kappa shape index (κ1) is 14.9. The molecule has 0 bridgehead atoms. The minimum Gasteiger partial charge on any atom is -0.326 e. The molecule has 2 rings (SSSR count). The Labute approximate surface area is 118 Å². The van der Waals surface area contributed by atoms with Gasteiger partial charge in [0, 0.05) is 30.3 Å². The quantitative estimate of drug-likeness (QED) is 0.906. The Morgan fingerprint density at radius 1 is 1.30 bits per heavy atom. The van der Waals surface area contributed by atoms with Crippen molar-refractivity contribution in [3.63, 3.8) is 0 Å². The molecule has 0 saturated heterocycles. The average molecular weight is 281 g/mol. The number of hydrogen-bond donors (Lipinski definition) is 1. The Balaban J connectivity index is 2.22. The highest BCUT2D eigenvalue weighted by Gasteiger charge is 2.17. The van der Waals surface area contributed by atoms with Crippen molar-refractivity contribution in [2.75, 3.05) is 6.54 Å². The molecule has 0 radical (unpaired) electrons. The van der Waals surface area contributed by atoms with Crippen LogP contribution in [0.5, 0.6) is 0 Å². The smallest absolute Gasteiger partial charge is 0.161 e. The molecule has 0 aliphatic heterocycles. The number of halogens is 2. The molecule has 1 aromatic heterocycles. The summed E-state index contributed by atoms with van der Waals surface area (Å²) >= 11 is 0. The van der Waals surface area contributed by atoms with Crippen molar-refractivity contribution in [2.45, 2.75) is 45.7 Å². The fourth-order valence-corrected chi connectivity index (χ4v) is 2.02. The maximum atomic E-state index is 13.4. The van der Waals surface area contributed by atoms with Gasteiger partial charge in [0.1, 0.15) is 0 Å². The van der Waals surface area contributed by atoms with Crippen LogP contribution in [0.15, 0.2) is 18.5 Å². The molecule has 2 aromatic rings. The summed E-state index contributed by atoms with van der Waals surface area (Å²) in [7, 11) is 0. The normalized spacial score (nSPS) is 13.9. The molecule has 0 saturated carbocycles. The third kappa shape index (κ3) is 2.98. The van der Waals surface area contributed by atoms with E-state index in [1.807, 2.05) is 11.5 Å². The van der Waals surface area contributed by atoms with Crippen LogP contribution in [0.2, 0.25) is 0 Å². The molecule has 0 spiro atoms. The van der Waals surface area contributed by atoms with E-state index in [-0.39, 0.29) is 11.6 Å². The summed E-state index contributed by atoms with van der Waals surface area (Å²) in [5, 5.41) is 3.47. The van der Waals surface area contributed by atoms with Gasteiger partial charge < -0.3 is 9.88 Å². The first-order valence-corrected chi connectivity index (χ1v) is 6.90. The highest BCUT2D eigenvalue weighted by atomic mass is 19.2. The topological polar surface area (TPSA) is 29.9 Å². The Morgan fingerprint density at radius 3 is 2.60 bits per heavy atom. The first-order chi connectivity index (χ1) is 9.34. The molecule has 0 fully saturated rings. The molecule has 5 heteroatoms. The zero-order valence-electron chi connectivity index (χ0n) is 12.4. The van der Waals surface area contributed by atoms with E-state index in [1.54, 1.807) is 6.33 Å². The third-order valence-electron chi connectivity index (χ3n) is 3.85. The van der Waals surface area contributed by atoms with Crippen molar-refractivity contribution in [1.82, 2.24) is 14.9 Å². The molecule has 1 N–H and O–H groups in total. The van der Waals surface area contributed by atoms with Crippen molar-refractivity contribution in [1.29, 1.82) is 0 Å². The number of fused-ring (bicyclic) bond motifs is 1. The van der Waals surface area contributed by atoms with Gasteiger partial charge in [-0.15, -0.1) is 0 Å². The zero-order valence-corrected chi connectivity index (χ0v) is 12.4. The summed E-state index contributed by atoms with van der Waals surface area (Å²) in [5.74, 6) is -1.70. The molecule has 0 aliphatic rings. The van der Waals surface area contributed by atoms with E-state index in [0.29, 0.717) is 11.0 Å². The van der Waals surface area contributed by atoms with Gasteiger partial charge in [0.05, 0.1) is 17.4 Å². The van der Waals surface area contributed by atoms with Crippen LogP contribution >= 0.6 is 0 Å². The van der Waals surface area contributed by atoms with Gasteiger partial charge in [-0.25, -0.2) is 13.8 Å². The fourth-order valence-electron chi connectivity index (χ4n) is 2.02. The predicted octanol–water partition coefficient (Wildman–Crippen LogP) is 3.65. The lowest BCUT2D eigenvalue weighted by molar-refractivity contribution is 0.346. The molecule has 20 heavy (non-hydrogen) atoms. The molecule has 1 unspecified atom stereocenters. The Kier molecular flexibility index (Phi) is 4.09. The maximum Gasteiger partial charge on any atom is 0.161 e. The van der Waals surface area contributed by atoms with Gasteiger partial charge >= 0.3 is 0 Å². The highest BCUT2D eigenvalue weighted by molar-refractivity contribution is 5.75. The second kappa shape index (κ2) is 5.48. The number of imidazole rings is 1. The van der Waals surface area contributed by atoms with E-state index in [0.717, 1.165) is 19.0 Å². The van der Waals surface area contributed by atoms with Crippen molar-refractivity contribution < 1.29 is 8.78 Å². The van der Waals surface area contributed by atoms with Crippen LogP contribution in [-0.2, 0) is 0 Å². The molecule has 1 atom stereocenters. The standard InChI is InChI=1S/C15H21F2N3/c1-5-15(3,4)19-8-10(2)20-9-18-13-6-11(16)12(17)7-14(13)20/h6-7,9-10,19H,5,8H2,1-4H3. The van der Waals surface area contributed by atoms with E-state index >= 15 is 0 Å². The van der Waals surface area contributed by atoms with Crippen LogP contribution in [0.4, 0.5) is 8.78 Å². The number of benzene rings is 1. The molecular weight excluding hydrogens is 260 g/mol. The average Bonchev–Trinajstić information content (AvgIpc) is 2.79. The van der Waals surface area contributed by atoms with E-state index < -0.39 is 11.6 Å². The summed E-state index contributed by atoms with van der Waals surface area (Å²) in [6, 6.07) is 2.45. The van der Waals surface area contributed by atoms with Crippen molar-refractivity contribution in [3.8, 4) is 0 Å².